The molecule has 112 valence electrons. The lowest BCUT2D eigenvalue weighted by Gasteiger charge is -2.26. The average Bonchev–Trinajstić information content (AvgIpc) is 2.44. The molecule has 20 heavy (non-hydrogen) atoms. The number of hydrogen-bond donors (Lipinski definition) is 3. The van der Waals surface area contributed by atoms with E-state index in [1.807, 2.05) is 25.1 Å². The van der Waals surface area contributed by atoms with Crippen LogP contribution in [-0.2, 0) is 11.2 Å². The molecule has 0 radical (unpaired) electrons. The number of hydrogen-bond acceptors (Lipinski definition) is 4. The molecule has 5 nitrogen and oxygen atoms in total. The maximum atomic E-state index is 11.4. The van der Waals surface area contributed by atoms with Gasteiger partial charge in [-0.25, -0.2) is 0 Å². The van der Waals surface area contributed by atoms with Gasteiger partial charge in [-0.2, -0.15) is 0 Å². The number of aliphatic carboxylic acids is 1. The molecule has 0 spiro atoms. The molecule has 0 aliphatic carbocycles. The predicted molar refractivity (Wildman–Crippen MR) is 77.1 cm³/mol. The van der Waals surface area contributed by atoms with Crippen LogP contribution in [0.5, 0.6) is 5.75 Å². The van der Waals surface area contributed by atoms with Crippen molar-refractivity contribution >= 4 is 5.97 Å². The van der Waals surface area contributed by atoms with E-state index in [9.17, 15) is 9.90 Å². The third-order valence-electron chi connectivity index (χ3n) is 3.11. The molecule has 0 bridgehead atoms. The van der Waals surface area contributed by atoms with E-state index in [1.54, 1.807) is 13.0 Å². The number of aliphatic hydroxyl groups is 1. The minimum atomic E-state index is -1.12. The van der Waals surface area contributed by atoms with E-state index in [0.717, 1.165) is 12.0 Å². The number of ether oxygens (including phenoxy) is 1. The summed E-state index contributed by atoms with van der Waals surface area (Å²) in [5, 5.41) is 21.3. The van der Waals surface area contributed by atoms with Gasteiger partial charge in [0.25, 0.3) is 0 Å². The molecule has 3 N–H and O–H groups in total. The molecule has 1 atom stereocenters. The molecule has 1 rings (SSSR count). The Hall–Kier alpha value is -1.59. The summed E-state index contributed by atoms with van der Waals surface area (Å²) < 4.78 is 5.66. The summed E-state index contributed by atoms with van der Waals surface area (Å²) >= 11 is 0. The summed E-state index contributed by atoms with van der Waals surface area (Å²) in [5.41, 5.74) is -0.249. The summed E-state index contributed by atoms with van der Waals surface area (Å²) in [7, 11) is 0. The minimum absolute atomic E-state index is 0.0324. The summed E-state index contributed by atoms with van der Waals surface area (Å²) in [6.45, 7) is 4.27. The van der Waals surface area contributed by atoms with Crippen molar-refractivity contribution in [3.63, 3.8) is 0 Å². The Morgan fingerprint density at radius 1 is 1.40 bits per heavy atom. The van der Waals surface area contributed by atoms with Gasteiger partial charge in [0.2, 0.25) is 0 Å². The van der Waals surface area contributed by atoms with Crippen molar-refractivity contribution in [2.75, 3.05) is 19.8 Å². The smallest absolute Gasteiger partial charge is 0.327 e. The zero-order chi connectivity index (χ0) is 15.0. The molecular formula is C15H23NO4. The number of rotatable bonds is 9. The van der Waals surface area contributed by atoms with Gasteiger partial charge in [-0.3, -0.25) is 10.1 Å². The highest BCUT2D eigenvalue weighted by atomic mass is 16.5. The number of benzene rings is 1. The van der Waals surface area contributed by atoms with E-state index < -0.39 is 11.5 Å². The SMILES string of the molecule is CCCNC(C)(COc1ccccc1CCO)C(=O)O. The predicted octanol–water partition coefficient (Wildman–Crippen LogP) is 1.44. The van der Waals surface area contributed by atoms with Crippen LogP contribution in [0.15, 0.2) is 24.3 Å². The molecule has 1 unspecified atom stereocenters. The number of para-hydroxylation sites is 1. The van der Waals surface area contributed by atoms with Crippen LogP contribution in [-0.4, -0.2) is 41.5 Å². The Morgan fingerprint density at radius 2 is 2.10 bits per heavy atom. The lowest BCUT2D eigenvalue weighted by molar-refractivity contribution is -0.145. The molecule has 0 aromatic heterocycles. The second kappa shape index (κ2) is 7.87. The maximum Gasteiger partial charge on any atom is 0.327 e. The van der Waals surface area contributed by atoms with Gasteiger partial charge in [-0.05, 0) is 37.9 Å². The van der Waals surface area contributed by atoms with Crippen LogP contribution < -0.4 is 10.1 Å². The van der Waals surface area contributed by atoms with Crippen LogP contribution in [0.2, 0.25) is 0 Å². The van der Waals surface area contributed by atoms with Gasteiger partial charge in [0, 0.05) is 6.61 Å². The van der Waals surface area contributed by atoms with Crippen molar-refractivity contribution < 1.29 is 19.7 Å². The molecular weight excluding hydrogens is 258 g/mol. The van der Waals surface area contributed by atoms with Crippen LogP contribution in [0.4, 0.5) is 0 Å². The van der Waals surface area contributed by atoms with Crippen LogP contribution >= 0.6 is 0 Å². The van der Waals surface area contributed by atoms with Gasteiger partial charge in [0.05, 0.1) is 0 Å². The van der Waals surface area contributed by atoms with Crippen LogP contribution in [0, 0.1) is 0 Å². The van der Waals surface area contributed by atoms with Gasteiger partial charge in [-0.15, -0.1) is 0 Å². The number of nitrogens with one attached hydrogen (secondary N) is 1. The molecule has 1 aromatic rings. The fourth-order valence-electron chi connectivity index (χ4n) is 1.78. The fraction of sp³-hybridized carbons (Fsp3) is 0.533. The lowest BCUT2D eigenvalue weighted by atomic mass is 10.0. The van der Waals surface area contributed by atoms with E-state index in [4.69, 9.17) is 9.84 Å². The van der Waals surface area contributed by atoms with Crippen LogP contribution in [0.1, 0.15) is 25.8 Å². The number of carboxylic acid groups (broad SMARTS) is 1. The fourth-order valence-corrected chi connectivity index (χ4v) is 1.78. The second-order valence-electron chi connectivity index (χ2n) is 4.93. The topological polar surface area (TPSA) is 78.8 Å². The molecule has 5 heteroatoms. The summed E-state index contributed by atoms with van der Waals surface area (Å²) in [6, 6.07) is 7.34. The van der Waals surface area contributed by atoms with Crippen molar-refractivity contribution in [2.45, 2.75) is 32.2 Å². The standard InChI is InChI=1S/C15H23NO4/c1-3-9-16-15(2,14(18)19)11-20-13-7-5-4-6-12(13)8-10-17/h4-7,16-17H,3,8-11H2,1-2H3,(H,18,19). The van der Waals surface area contributed by atoms with Gasteiger partial charge < -0.3 is 14.9 Å². The van der Waals surface area contributed by atoms with Crippen molar-refractivity contribution in [1.82, 2.24) is 5.32 Å². The maximum absolute atomic E-state index is 11.4. The molecule has 0 heterocycles. The van der Waals surface area contributed by atoms with Gasteiger partial charge in [-0.1, -0.05) is 25.1 Å². The van der Waals surface area contributed by atoms with Gasteiger partial charge >= 0.3 is 5.97 Å². The molecule has 0 saturated heterocycles. The molecule has 0 saturated carbocycles. The van der Waals surface area contributed by atoms with E-state index in [1.165, 1.54) is 0 Å². The van der Waals surface area contributed by atoms with Gasteiger partial charge in [0.1, 0.15) is 17.9 Å². The Morgan fingerprint density at radius 3 is 2.70 bits per heavy atom. The lowest BCUT2D eigenvalue weighted by Crippen LogP contribution is -2.54. The largest absolute Gasteiger partial charge is 0.491 e. The van der Waals surface area contributed by atoms with Crippen molar-refractivity contribution in [3.8, 4) is 5.75 Å². The van der Waals surface area contributed by atoms with E-state index in [0.29, 0.717) is 18.7 Å². The number of carbonyl (C=O) groups is 1. The first-order valence-corrected chi connectivity index (χ1v) is 6.83. The zero-order valence-electron chi connectivity index (χ0n) is 12.1. The van der Waals surface area contributed by atoms with Crippen molar-refractivity contribution in [3.05, 3.63) is 29.8 Å². The molecule has 0 aliphatic rings. The Kier molecular flexibility index (Phi) is 6.48. The average molecular weight is 281 g/mol. The summed E-state index contributed by atoms with van der Waals surface area (Å²) in [6.07, 6.45) is 1.34. The molecule has 0 fully saturated rings. The molecule has 0 aliphatic heterocycles. The highest BCUT2D eigenvalue weighted by Crippen LogP contribution is 2.20. The van der Waals surface area contributed by atoms with E-state index in [2.05, 4.69) is 5.32 Å². The van der Waals surface area contributed by atoms with Crippen LogP contribution in [0.3, 0.4) is 0 Å². The third kappa shape index (κ3) is 4.51. The second-order valence-corrected chi connectivity index (χ2v) is 4.93. The molecule has 1 aromatic carbocycles. The summed E-state index contributed by atoms with van der Waals surface area (Å²) in [4.78, 5) is 11.4. The highest BCUT2D eigenvalue weighted by molar-refractivity contribution is 5.78. The highest BCUT2D eigenvalue weighted by Gasteiger charge is 2.33. The van der Waals surface area contributed by atoms with Crippen molar-refractivity contribution in [1.29, 1.82) is 0 Å². The normalized spacial score (nSPS) is 13.8. The van der Waals surface area contributed by atoms with Crippen molar-refractivity contribution in [2.24, 2.45) is 0 Å². The Balaban J connectivity index is 2.74. The first-order valence-electron chi connectivity index (χ1n) is 6.83. The number of aliphatic hydroxyl groups excluding tert-OH is 1. The van der Waals surface area contributed by atoms with Gasteiger partial charge in [0.15, 0.2) is 0 Å². The quantitative estimate of drug-likeness (QED) is 0.638. The first kappa shape index (κ1) is 16.5. The Labute approximate surface area is 119 Å². The first-order chi connectivity index (χ1) is 9.53. The Bertz CT molecular complexity index is 436. The zero-order valence-corrected chi connectivity index (χ0v) is 12.1. The monoisotopic (exact) mass is 281 g/mol. The van der Waals surface area contributed by atoms with E-state index >= 15 is 0 Å². The van der Waals surface area contributed by atoms with E-state index in [-0.39, 0.29) is 13.2 Å². The third-order valence-corrected chi connectivity index (χ3v) is 3.11. The molecule has 0 amide bonds. The van der Waals surface area contributed by atoms with Crippen LogP contribution in [0.25, 0.3) is 0 Å². The minimum Gasteiger partial charge on any atom is -0.491 e. The number of carboxylic acids is 1. The summed E-state index contributed by atoms with van der Waals surface area (Å²) in [5.74, 6) is -0.321.